The van der Waals surface area contributed by atoms with Gasteiger partial charge in [0.15, 0.2) is 0 Å². The first-order valence-corrected chi connectivity index (χ1v) is 12.3. The molecule has 1 aromatic carbocycles. The molecule has 8 nitrogen and oxygen atoms in total. The summed E-state index contributed by atoms with van der Waals surface area (Å²) in [6.07, 6.45) is 7.93. The molecule has 1 saturated heterocycles. The molecule has 1 aliphatic carbocycles. The van der Waals surface area contributed by atoms with Crippen LogP contribution in [0.4, 0.5) is 0 Å². The molecule has 4 rings (SSSR count). The molecule has 0 aromatic heterocycles. The Morgan fingerprint density at radius 3 is 2.39 bits per heavy atom. The highest BCUT2D eigenvalue weighted by Crippen LogP contribution is 2.34. The Kier molecular flexibility index (Phi) is 5.98. The second-order valence-corrected chi connectivity index (χ2v) is 10.4. The summed E-state index contributed by atoms with van der Waals surface area (Å²) in [7, 11) is -3.62. The van der Waals surface area contributed by atoms with E-state index in [1.807, 2.05) is 0 Å². The number of primary amides is 1. The van der Waals surface area contributed by atoms with Crippen molar-refractivity contribution >= 4 is 33.7 Å². The fourth-order valence-electron chi connectivity index (χ4n) is 4.57. The number of benzene rings is 1. The summed E-state index contributed by atoms with van der Waals surface area (Å²) in [6.45, 7) is 0.504. The zero-order valence-corrected chi connectivity index (χ0v) is 18.2. The smallest absolute Gasteiger partial charge is 0.253 e. The Morgan fingerprint density at radius 2 is 1.77 bits per heavy atom. The molecule has 166 valence electrons. The maximum absolute atomic E-state index is 12.8. The average Bonchev–Trinajstić information content (AvgIpc) is 3.09. The zero-order valence-electron chi connectivity index (χ0n) is 17.4. The van der Waals surface area contributed by atoms with E-state index in [9.17, 15) is 18.0 Å². The fraction of sp³-hybridized carbons (Fsp3) is 0.500. The molecule has 1 saturated carbocycles. The number of nitrogens with one attached hydrogen (secondary N) is 1. The number of amides is 2. The quantitative estimate of drug-likeness (QED) is 0.721. The van der Waals surface area contributed by atoms with E-state index < -0.39 is 21.5 Å². The second kappa shape index (κ2) is 8.55. The van der Waals surface area contributed by atoms with Gasteiger partial charge in [0.05, 0.1) is 0 Å². The molecule has 0 bridgehead atoms. The van der Waals surface area contributed by atoms with Crippen LogP contribution in [0.25, 0.3) is 6.08 Å². The van der Waals surface area contributed by atoms with Gasteiger partial charge < -0.3 is 11.1 Å². The van der Waals surface area contributed by atoms with Gasteiger partial charge in [0.2, 0.25) is 15.9 Å². The topological polar surface area (TPSA) is 122 Å². The van der Waals surface area contributed by atoms with Gasteiger partial charge in [-0.1, -0.05) is 31.4 Å². The van der Waals surface area contributed by atoms with Gasteiger partial charge >= 0.3 is 0 Å². The van der Waals surface area contributed by atoms with Crippen molar-refractivity contribution in [3.05, 3.63) is 40.8 Å². The predicted molar refractivity (Wildman–Crippen MR) is 119 cm³/mol. The van der Waals surface area contributed by atoms with E-state index in [1.54, 1.807) is 24.3 Å². The third kappa shape index (κ3) is 4.57. The monoisotopic (exact) mass is 444 g/mol. The molecule has 31 heavy (non-hydrogen) atoms. The van der Waals surface area contributed by atoms with Crippen LogP contribution in [0.1, 0.15) is 60.9 Å². The highest BCUT2D eigenvalue weighted by atomic mass is 32.2. The molecule has 0 radical (unpaired) electrons. The summed E-state index contributed by atoms with van der Waals surface area (Å²) in [5.74, 6) is 0.508. The SMILES string of the molecule is NC(=O)c1ccc(C=CS(=O)(=O)N2CCC3(CC2)N=C(C2CCCCC2)NC3=O)cc1. The number of nitrogens with zero attached hydrogens (tertiary/aromatic N) is 2. The van der Waals surface area contributed by atoms with Crippen LogP contribution in [0.5, 0.6) is 0 Å². The number of carbonyl (C=O) groups is 2. The molecule has 1 aromatic rings. The molecule has 2 aliphatic heterocycles. The summed E-state index contributed by atoms with van der Waals surface area (Å²) in [5, 5.41) is 4.16. The van der Waals surface area contributed by atoms with Crippen LogP contribution < -0.4 is 11.1 Å². The third-order valence-corrected chi connectivity index (χ3v) is 8.09. The zero-order chi connectivity index (χ0) is 22.1. The van der Waals surface area contributed by atoms with Crippen molar-refractivity contribution in [2.24, 2.45) is 16.6 Å². The highest BCUT2D eigenvalue weighted by Gasteiger charge is 2.48. The molecule has 0 atom stereocenters. The number of hydrogen-bond donors (Lipinski definition) is 2. The number of piperidine rings is 1. The maximum Gasteiger partial charge on any atom is 0.253 e. The van der Waals surface area contributed by atoms with E-state index in [0.717, 1.165) is 36.9 Å². The van der Waals surface area contributed by atoms with Crippen molar-refractivity contribution in [2.45, 2.75) is 50.5 Å². The lowest BCUT2D eigenvalue weighted by Gasteiger charge is -2.34. The molecular weight excluding hydrogens is 416 g/mol. The molecule has 2 fully saturated rings. The van der Waals surface area contributed by atoms with E-state index in [-0.39, 0.29) is 19.0 Å². The molecule has 9 heteroatoms. The minimum atomic E-state index is -3.62. The second-order valence-electron chi connectivity index (χ2n) is 8.55. The van der Waals surface area contributed by atoms with Crippen LogP contribution in [-0.2, 0) is 14.8 Å². The molecule has 2 amide bonds. The number of amidine groups is 1. The van der Waals surface area contributed by atoms with Crippen molar-refractivity contribution in [3.8, 4) is 0 Å². The Balaban J connectivity index is 1.41. The summed E-state index contributed by atoms with van der Waals surface area (Å²) >= 11 is 0. The van der Waals surface area contributed by atoms with Crippen LogP contribution in [0, 0.1) is 5.92 Å². The van der Waals surface area contributed by atoms with Crippen LogP contribution in [0.3, 0.4) is 0 Å². The van der Waals surface area contributed by atoms with Gasteiger partial charge in [0, 0.05) is 30.0 Å². The number of sulfonamides is 1. The Morgan fingerprint density at radius 1 is 1.13 bits per heavy atom. The Bertz CT molecular complexity index is 1020. The van der Waals surface area contributed by atoms with E-state index >= 15 is 0 Å². The Hall–Kier alpha value is -2.52. The maximum atomic E-state index is 12.8. The van der Waals surface area contributed by atoms with Crippen LogP contribution in [0.15, 0.2) is 34.7 Å². The summed E-state index contributed by atoms with van der Waals surface area (Å²) < 4.78 is 26.9. The van der Waals surface area contributed by atoms with Crippen molar-refractivity contribution in [2.75, 3.05) is 13.1 Å². The molecule has 0 unspecified atom stereocenters. The van der Waals surface area contributed by atoms with Gasteiger partial charge in [-0.2, -0.15) is 4.31 Å². The van der Waals surface area contributed by atoms with Gasteiger partial charge in [0.1, 0.15) is 11.4 Å². The van der Waals surface area contributed by atoms with Crippen LogP contribution in [-0.4, -0.2) is 49.0 Å². The normalized spacial score (nSPS) is 22.6. The van der Waals surface area contributed by atoms with Crippen LogP contribution >= 0.6 is 0 Å². The molecule has 2 heterocycles. The van der Waals surface area contributed by atoms with E-state index in [2.05, 4.69) is 5.32 Å². The van der Waals surface area contributed by atoms with Gasteiger partial charge in [-0.05, 0) is 49.5 Å². The third-order valence-electron chi connectivity index (χ3n) is 6.53. The Labute approximate surface area is 182 Å². The number of rotatable bonds is 5. The summed E-state index contributed by atoms with van der Waals surface area (Å²) in [4.78, 5) is 28.6. The lowest BCUT2D eigenvalue weighted by molar-refractivity contribution is -0.125. The van der Waals surface area contributed by atoms with Crippen molar-refractivity contribution in [3.63, 3.8) is 0 Å². The number of carbonyl (C=O) groups excluding carboxylic acids is 2. The van der Waals surface area contributed by atoms with Crippen molar-refractivity contribution < 1.29 is 18.0 Å². The lowest BCUT2D eigenvalue weighted by Crippen LogP contribution is -2.50. The first-order chi connectivity index (χ1) is 14.8. The average molecular weight is 445 g/mol. The van der Waals surface area contributed by atoms with Crippen LogP contribution in [0.2, 0.25) is 0 Å². The predicted octanol–water partition coefficient (Wildman–Crippen LogP) is 2.03. The minimum Gasteiger partial charge on any atom is -0.366 e. The molecule has 3 N–H and O–H groups in total. The lowest BCUT2D eigenvalue weighted by atomic mass is 9.88. The first-order valence-electron chi connectivity index (χ1n) is 10.8. The fourth-order valence-corrected chi connectivity index (χ4v) is 5.76. The molecule has 3 aliphatic rings. The van der Waals surface area contributed by atoms with Crippen molar-refractivity contribution in [1.82, 2.24) is 9.62 Å². The van der Waals surface area contributed by atoms with E-state index in [0.29, 0.717) is 29.9 Å². The van der Waals surface area contributed by atoms with Crippen molar-refractivity contribution in [1.29, 1.82) is 0 Å². The summed E-state index contributed by atoms with van der Waals surface area (Å²) in [5.41, 5.74) is 5.41. The van der Waals surface area contributed by atoms with E-state index in [1.165, 1.54) is 16.8 Å². The number of hydrogen-bond acceptors (Lipinski definition) is 5. The van der Waals surface area contributed by atoms with E-state index in [4.69, 9.17) is 10.7 Å². The number of aliphatic imine (C=N–C) groups is 1. The standard InChI is InChI=1S/C22H28N4O4S/c23-19(27)17-8-6-16(7-9-17)10-15-31(29,30)26-13-11-22(12-14-26)21(28)24-20(25-22)18-4-2-1-3-5-18/h6-10,15,18H,1-5,11-14H2,(H2,23,27)(H,24,25,28). The molecular formula is C22H28N4O4S. The van der Waals surface area contributed by atoms with Gasteiger partial charge in [-0.25, -0.2) is 8.42 Å². The largest absolute Gasteiger partial charge is 0.366 e. The molecule has 1 spiro atoms. The summed E-state index contributed by atoms with van der Waals surface area (Å²) in [6, 6.07) is 6.39. The van der Waals surface area contributed by atoms with Gasteiger partial charge in [-0.3, -0.25) is 14.6 Å². The first kappa shape index (κ1) is 21.7. The minimum absolute atomic E-state index is 0.0878. The highest BCUT2D eigenvalue weighted by molar-refractivity contribution is 7.92. The van der Waals surface area contributed by atoms with Gasteiger partial charge in [-0.15, -0.1) is 0 Å². The number of nitrogens with two attached hydrogens (primary N) is 1. The van der Waals surface area contributed by atoms with Gasteiger partial charge in [0.25, 0.3) is 5.91 Å².